The van der Waals surface area contributed by atoms with Crippen LogP contribution in [0.5, 0.6) is 0 Å². The fourth-order valence-corrected chi connectivity index (χ4v) is 14.7. The van der Waals surface area contributed by atoms with Crippen LogP contribution in [0, 0.1) is 11.6 Å². The molecule has 382 valence electrons. The average Bonchev–Trinajstić information content (AvgIpc) is 3.67. The molecule has 0 spiro atoms. The third-order valence-electron chi connectivity index (χ3n) is 17.3. The number of nitrogens with zero attached hydrogens (tertiary/aromatic N) is 2. The molecule has 11 aromatic carbocycles. The fourth-order valence-electron chi connectivity index (χ4n) is 13.4. The fraction of sp³-hybridized carbons (Fsp3) is 0.0959. The third kappa shape index (κ3) is 7.39. The van der Waals surface area contributed by atoms with Crippen molar-refractivity contribution >= 4 is 92.1 Å². The van der Waals surface area contributed by atoms with E-state index in [-0.39, 0.29) is 24.4 Å². The lowest BCUT2D eigenvalue weighted by molar-refractivity contribution is 0.589. The molecule has 80 heavy (non-hydrogen) atoms. The minimum absolute atomic E-state index is 0.0247. The maximum Gasteiger partial charge on any atom is 0.252 e. The number of rotatable bonds is 7. The Hall–Kier alpha value is -8.64. The SMILES string of the molecule is CC(C)c1ccc(-c2ccc(-c3cccc(-c4ccc(-c5ccc(C(C)(C)C)cc5)cc4)c3N3c4ccccc4B4c5ccccc5N5c6ccccc6B6c7ccccc7Sc7c6c5c4c3c7-c3c(F)cccc3F)cc2)cc1. The monoisotopic (exact) mass is 1050 g/mol. The Kier molecular flexibility index (Phi) is 11.2. The van der Waals surface area contributed by atoms with Crippen LogP contribution in [0.15, 0.2) is 240 Å². The van der Waals surface area contributed by atoms with E-state index in [9.17, 15) is 0 Å². The summed E-state index contributed by atoms with van der Waals surface area (Å²) in [5.74, 6) is -0.763. The highest BCUT2D eigenvalue weighted by atomic mass is 32.2. The van der Waals surface area contributed by atoms with E-state index < -0.39 is 11.6 Å². The smallest absolute Gasteiger partial charge is 0.252 e. The van der Waals surface area contributed by atoms with Gasteiger partial charge in [0.25, 0.3) is 6.71 Å². The first kappa shape index (κ1) is 48.5. The Balaban J connectivity index is 1.06. The summed E-state index contributed by atoms with van der Waals surface area (Å²) in [6, 6.07) is 81.6. The number of hydrogen-bond donors (Lipinski definition) is 0. The van der Waals surface area contributed by atoms with Crippen LogP contribution in [0.3, 0.4) is 0 Å². The second-order valence-electron chi connectivity index (χ2n) is 23.1. The zero-order valence-corrected chi connectivity index (χ0v) is 46.0. The lowest BCUT2D eigenvalue weighted by Gasteiger charge is -2.50. The topological polar surface area (TPSA) is 6.48 Å². The second kappa shape index (κ2) is 18.5. The molecule has 15 rings (SSSR count). The largest absolute Gasteiger partial charge is 0.312 e. The molecule has 0 atom stereocenters. The Bertz CT molecular complexity index is 4290. The molecule has 0 N–H and O–H groups in total. The molecular weight excluding hydrogens is 997 g/mol. The molecule has 0 amide bonds. The number of benzene rings is 11. The number of anilines is 6. The summed E-state index contributed by atoms with van der Waals surface area (Å²) in [4.78, 5) is 6.82. The van der Waals surface area contributed by atoms with Crippen molar-refractivity contribution in [3.63, 3.8) is 0 Å². The summed E-state index contributed by atoms with van der Waals surface area (Å²) in [6.45, 7) is 10.7. The Morgan fingerprint density at radius 3 is 1.32 bits per heavy atom. The van der Waals surface area contributed by atoms with Gasteiger partial charge < -0.3 is 9.80 Å². The van der Waals surface area contributed by atoms with Crippen LogP contribution >= 0.6 is 11.8 Å². The first-order chi connectivity index (χ1) is 39.0. The third-order valence-corrected chi connectivity index (χ3v) is 18.5. The predicted octanol–water partition coefficient (Wildman–Crippen LogP) is 16.1. The summed E-state index contributed by atoms with van der Waals surface area (Å²) in [7, 11) is 0. The van der Waals surface area contributed by atoms with Crippen LogP contribution in [0.2, 0.25) is 0 Å². The van der Waals surface area contributed by atoms with Crippen LogP contribution in [0.25, 0.3) is 55.6 Å². The number of hydrogen-bond acceptors (Lipinski definition) is 3. The van der Waals surface area contributed by atoms with Crippen LogP contribution in [-0.2, 0) is 5.41 Å². The van der Waals surface area contributed by atoms with Gasteiger partial charge in [0.05, 0.1) is 16.9 Å². The predicted molar refractivity (Wildman–Crippen MR) is 336 cm³/mol. The zero-order chi connectivity index (χ0) is 54.1. The first-order valence-corrected chi connectivity index (χ1v) is 28.7. The Morgan fingerprint density at radius 1 is 0.388 bits per heavy atom. The summed E-state index contributed by atoms with van der Waals surface area (Å²) < 4.78 is 35.3. The highest BCUT2D eigenvalue weighted by Gasteiger charge is 2.52. The van der Waals surface area contributed by atoms with Gasteiger partial charge in [-0.05, 0) is 120 Å². The molecule has 2 nitrogen and oxygen atoms in total. The molecule has 0 saturated carbocycles. The van der Waals surface area contributed by atoms with Crippen molar-refractivity contribution in [2.24, 2.45) is 0 Å². The quantitative estimate of drug-likeness (QED) is 0.147. The van der Waals surface area contributed by atoms with Crippen molar-refractivity contribution in [1.82, 2.24) is 0 Å². The van der Waals surface area contributed by atoms with E-state index in [1.165, 1.54) is 34.8 Å². The molecule has 4 aliphatic rings. The van der Waals surface area contributed by atoms with Gasteiger partial charge in [0.2, 0.25) is 6.71 Å². The highest BCUT2D eigenvalue weighted by molar-refractivity contribution is 8.00. The van der Waals surface area contributed by atoms with E-state index in [1.54, 1.807) is 11.8 Å². The van der Waals surface area contributed by atoms with Crippen molar-refractivity contribution in [2.75, 3.05) is 9.80 Å². The van der Waals surface area contributed by atoms with Crippen LogP contribution in [0.1, 0.15) is 51.7 Å². The van der Waals surface area contributed by atoms with Gasteiger partial charge in [-0.15, -0.1) is 0 Å². The van der Waals surface area contributed by atoms with Gasteiger partial charge in [0.15, 0.2) is 0 Å². The highest BCUT2D eigenvalue weighted by Crippen LogP contribution is 2.56. The van der Waals surface area contributed by atoms with Gasteiger partial charge >= 0.3 is 0 Å². The molecule has 0 fully saturated rings. The Morgan fingerprint density at radius 2 is 0.812 bits per heavy atom. The first-order valence-electron chi connectivity index (χ1n) is 27.9. The Labute approximate surface area is 472 Å². The van der Waals surface area contributed by atoms with Crippen molar-refractivity contribution in [3.8, 4) is 55.6 Å². The lowest BCUT2D eigenvalue weighted by atomic mass is 9.29. The van der Waals surface area contributed by atoms with Gasteiger partial charge in [0.1, 0.15) is 11.6 Å². The molecule has 0 radical (unpaired) electrons. The zero-order valence-electron chi connectivity index (χ0n) is 45.2. The van der Waals surface area contributed by atoms with Crippen molar-refractivity contribution in [1.29, 1.82) is 0 Å². The number of para-hydroxylation sites is 4. The van der Waals surface area contributed by atoms with Gasteiger partial charge in [-0.25, -0.2) is 8.78 Å². The van der Waals surface area contributed by atoms with E-state index in [1.807, 2.05) is 0 Å². The summed E-state index contributed by atoms with van der Waals surface area (Å²) in [6.07, 6.45) is 0. The molecule has 0 unspecified atom stereocenters. The molecule has 0 aliphatic carbocycles. The van der Waals surface area contributed by atoms with Gasteiger partial charge in [-0.3, -0.25) is 0 Å². The average molecular weight is 1050 g/mol. The number of fused-ring (bicyclic) bond motifs is 10. The maximum absolute atomic E-state index is 17.7. The van der Waals surface area contributed by atoms with E-state index in [2.05, 4.69) is 257 Å². The van der Waals surface area contributed by atoms with Crippen molar-refractivity contribution < 1.29 is 8.78 Å². The molecule has 0 aromatic heterocycles. The van der Waals surface area contributed by atoms with E-state index >= 15 is 8.78 Å². The molecule has 4 heterocycles. The minimum atomic E-state index is -0.600. The van der Waals surface area contributed by atoms with E-state index in [0.29, 0.717) is 11.5 Å². The van der Waals surface area contributed by atoms with Gasteiger partial charge in [-0.1, -0.05) is 246 Å². The van der Waals surface area contributed by atoms with Crippen LogP contribution in [0.4, 0.5) is 42.9 Å². The molecule has 4 aliphatic heterocycles. The summed E-state index contributed by atoms with van der Waals surface area (Å²) >= 11 is 1.64. The van der Waals surface area contributed by atoms with Gasteiger partial charge in [0, 0.05) is 49.2 Å². The van der Waals surface area contributed by atoms with E-state index in [0.717, 1.165) is 116 Å². The molecule has 0 bridgehead atoms. The second-order valence-corrected chi connectivity index (χ2v) is 24.2. The molecule has 7 heteroatoms. The number of halogens is 2. The van der Waals surface area contributed by atoms with Crippen molar-refractivity contribution in [3.05, 3.63) is 253 Å². The van der Waals surface area contributed by atoms with Crippen LogP contribution in [-0.4, -0.2) is 13.4 Å². The maximum atomic E-state index is 17.7. The molecular formula is C73H54B2F2N2S. The summed E-state index contributed by atoms with van der Waals surface area (Å²) in [5.41, 5.74) is 24.4. The van der Waals surface area contributed by atoms with Crippen molar-refractivity contribution in [2.45, 2.75) is 55.7 Å². The lowest BCUT2D eigenvalue weighted by Crippen LogP contribution is -2.68. The molecule has 0 saturated heterocycles. The van der Waals surface area contributed by atoms with E-state index in [4.69, 9.17) is 0 Å². The standard InChI is InChI=1S/C73H54B2F2N2S/c1-44(2)45-28-30-46(31-29-45)47-32-36-50(37-33-47)53-16-14-17-54(51-38-34-48(35-39-51)49-40-42-52(43-41-49)73(3,4)5)69(53)79-63-26-12-8-20-57(63)74-55-18-6-10-24-61(55)78-62-25-11-7-19-56(62)75-58-21-9-13-27-64(58)80-72-66(65-59(76)22-15-23-60(65)77)70(79)67(74)71(78)68(72)75/h6-44H,1-5H3. The van der Waals surface area contributed by atoms with Gasteiger partial charge in [-0.2, -0.15) is 0 Å². The molecule has 11 aromatic rings. The normalized spacial score (nSPS) is 13.4. The summed E-state index contributed by atoms with van der Waals surface area (Å²) in [5, 5.41) is 0. The minimum Gasteiger partial charge on any atom is -0.312 e. The van der Waals surface area contributed by atoms with Crippen LogP contribution < -0.4 is 42.6 Å².